The zero-order chi connectivity index (χ0) is 23.9. The van der Waals surface area contributed by atoms with Gasteiger partial charge in [0, 0.05) is 17.6 Å². The van der Waals surface area contributed by atoms with Crippen LogP contribution in [0.3, 0.4) is 0 Å². The third-order valence-corrected chi connectivity index (χ3v) is 7.63. The van der Waals surface area contributed by atoms with Crippen LogP contribution in [0.2, 0.25) is 5.02 Å². The second-order valence-corrected chi connectivity index (χ2v) is 10.3. The minimum Gasteiger partial charge on any atom is -0.463 e. The highest BCUT2D eigenvalue weighted by Crippen LogP contribution is 2.35. The lowest BCUT2D eigenvalue weighted by atomic mass is 9.86. The van der Waals surface area contributed by atoms with E-state index in [1.54, 1.807) is 11.2 Å². The number of benzene rings is 1. The Balaban J connectivity index is 1.50. The summed E-state index contributed by atoms with van der Waals surface area (Å²) in [6.45, 7) is 4.80. The number of nitrogens with one attached hydrogen (secondary N) is 1. The fourth-order valence-corrected chi connectivity index (χ4v) is 5.30. The summed E-state index contributed by atoms with van der Waals surface area (Å²) < 4.78 is 7.53. The first-order valence-electron chi connectivity index (χ1n) is 12.0. The summed E-state index contributed by atoms with van der Waals surface area (Å²) in [5.74, 6) is 1.09. The third-order valence-electron chi connectivity index (χ3n) is 7.37. The van der Waals surface area contributed by atoms with Crippen molar-refractivity contribution in [2.75, 3.05) is 0 Å². The van der Waals surface area contributed by atoms with Gasteiger partial charge in [-0.25, -0.2) is 0 Å². The monoisotopic (exact) mass is 479 g/mol. The normalized spacial score (nSPS) is 24.7. The minimum absolute atomic E-state index is 0.112. The third kappa shape index (κ3) is 4.16. The molecule has 5 rings (SSSR count). The maximum atomic E-state index is 13.8. The smallest absolute Gasteiger partial charge is 0.271 e. The van der Waals surface area contributed by atoms with Crippen LogP contribution in [0.4, 0.5) is 0 Å². The van der Waals surface area contributed by atoms with Crippen LogP contribution in [0.5, 0.6) is 0 Å². The summed E-state index contributed by atoms with van der Waals surface area (Å²) in [5.41, 5.74) is 1.21. The van der Waals surface area contributed by atoms with E-state index in [1.165, 1.54) is 0 Å². The Morgan fingerprint density at radius 1 is 1.09 bits per heavy atom. The summed E-state index contributed by atoms with van der Waals surface area (Å²) in [5, 5.41) is 3.92. The highest BCUT2D eigenvalue weighted by Gasteiger charge is 2.48. The topological polar surface area (TPSA) is 67.5 Å². The molecule has 2 amide bonds. The fraction of sp³-hybridized carbons (Fsp3) is 0.407. The molecule has 1 aliphatic carbocycles. The van der Waals surface area contributed by atoms with Crippen molar-refractivity contribution in [1.29, 1.82) is 0 Å². The number of rotatable bonds is 5. The summed E-state index contributed by atoms with van der Waals surface area (Å²) in [6, 6.07) is 15.0. The molecule has 1 N–H and O–H groups in total. The van der Waals surface area contributed by atoms with Gasteiger partial charge in [-0.05, 0) is 80.5 Å². The summed E-state index contributed by atoms with van der Waals surface area (Å²) in [6.07, 6.45) is 5.78. The number of halogens is 1. The van der Waals surface area contributed by atoms with Gasteiger partial charge in [0.15, 0.2) is 0 Å². The molecule has 178 valence electrons. The van der Waals surface area contributed by atoms with Gasteiger partial charge >= 0.3 is 0 Å². The van der Waals surface area contributed by atoms with Gasteiger partial charge in [0.05, 0.1) is 18.5 Å². The van der Waals surface area contributed by atoms with Crippen LogP contribution in [0.1, 0.15) is 55.6 Å². The zero-order valence-electron chi connectivity index (χ0n) is 19.6. The Morgan fingerprint density at radius 3 is 2.47 bits per heavy atom. The average Bonchev–Trinajstić information content (AvgIpc) is 3.49. The van der Waals surface area contributed by atoms with Gasteiger partial charge in [-0.1, -0.05) is 30.7 Å². The molecule has 3 heterocycles. The molecule has 1 aliphatic heterocycles. The van der Waals surface area contributed by atoms with E-state index in [0.29, 0.717) is 35.5 Å². The molecule has 0 bridgehead atoms. The van der Waals surface area contributed by atoms with E-state index in [1.807, 2.05) is 60.0 Å². The Morgan fingerprint density at radius 2 is 1.79 bits per heavy atom. The number of fused-ring (bicyclic) bond motifs is 1. The van der Waals surface area contributed by atoms with Gasteiger partial charge in [0.1, 0.15) is 17.0 Å². The van der Waals surface area contributed by atoms with Crippen molar-refractivity contribution in [2.24, 2.45) is 5.92 Å². The highest BCUT2D eigenvalue weighted by atomic mass is 35.5. The van der Waals surface area contributed by atoms with Crippen LogP contribution in [0, 0.1) is 5.92 Å². The predicted molar refractivity (Wildman–Crippen MR) is 131 cm³/mol. The molecule has 0 saturated heterocycles. The van der Waals surface area contributed by atoms with Crippen molar-refractivity contribution in [2.45, 2.75) is 64.2 Å². The van der Waals surface area contributed by atoms with Crippen LogP contribution in [0.25, 0.3) is 11.5 Å². The van der Waals surface area contributed by atoms with Crippen molar-refractivity contribution in [3.8, 4) is 11.5 Å². The molecule has 2 aliphatic rings. The molecule has 7 heteroatoms. The van der Waals surface area contributed by atoms with Gasteiger partial charge < -0.3 is 19.2 Å². The van der Waals surface area contributed by atoms with Crippen LogP contribution in [0.15, 0.2) is 59.2 Å². The average molecular weight is 480 g/mol. The lowest BCUT2D eigenvalue weighted by molar-refractivity contribution is -0.134. The molecule has 1 aromatic carbocycles. The molecule has 3 aromatic rings. The van der Waals surface area contributed by atoms with Crippen molar-refractivity contribution in [1.82, 2.24) is 14.8 Å². The molecule has 1 fully saturated rings. The van der Waals surface area contributed by atoms with Gasteiger partial charge in [0.25, 0.3) is 5.91 Å². The number of amides is 2. The molecule has 6 nitrogen and oxygen atoms in total. The van der Waals surface area contributed by atoms with E-state index in [-0.39, 0.29) is 17.9 Å². The molecular formula is C27H30ClN3O3. The van der Waals surface area contributed by atoms with Crippen LogP contribution in [-0.4, -0.2) is 32.9 Å². The first kappa shape index (κ1) is 22.8. The number of carbonyl (C=O) groups is 2. The number of nitrogens with zero attached hydrogens (tertiary/aromatic N) is 2. The second-order valence-electron chi connectivity index (χ2n) is 9.89. The number of furan rings is 1. The Hall–Kier alpha value is -2.99. The molecule has 2 aromatic heterocycles. The molecule has 0 spiro atoms. The Bertz CT molecular complexity index is 1180. The molecular weight excluding hydrogens is 450 g/mol. The first-order valence-corrected chi connectivity index (χ1v) is 12.3. The molecule has 1 saturated carbocycles. The minimum atomic E-state index is -1.06. The van der Waals surface area contributed by atoms with Gasteiger partial charge in [0.2, 0.25) is 5.91 Å². The quantitative estimate of drug-likeness (QED) is 0.524. The predicted octanol–water partition coefficient (Wildman–Crippen LogP) is 5.51. The number of hydrogen-bond acceptors (Lipinski definition) is 3. The van der Waals surface area contributed by atoms with Gasteiger partial charge in [-0.3, -0.25) is 9.59 Å². The summed E-state index contributed by atoms with van der Waals surface area (Å²) >= 11 is 6.07. The molecule has 0 radical (unpaired) electrons. The van der Waals surface area contributed by atoms with Crippen LogP contribution < -0.4 is 5.32 Å². The summed E-state index contributed by atoms with van der Waals surface area (Å²) in [4.78, 5) is 29.3. The maximum absolute atomic E-state index is 13.8. The van der Waals surface area contributed by atoms with Crippen LogP contribution in [-0.2, 0) is 17.9 Å². The second kappa shape index (κ2) is 8.99. The number of hydrogen-bond donors (Lipinski definition) is 1. The van der Waals surface area contributed by atoms with Gasteiger partial charge in [-0.15, -0.1) is 0 Å². The van der Waals surface area contributed by atoms with Crippen molar-refractivity contribution in [3.63, 3.8) is 0 Å². The van der Waals surface area contributed by atoms with E-state index >= 15 is 0 Å². The lowest BCUT2D eigenvalue weighted by Gasteiger charge is -2.45. The van der Waals surface area contributed by atoms with E-state index in [4.69, 9.17) is 16.0 Å². The van der Waals surface area contributed by atoms with Crippen molar-refractivity contribution >= 4 is 23.4 Å². The fourth-order valence-electron chi connectivity index (χ4n) is 5.18. The zero-order valence-corrected chi connectivity index (χ0v) is 20.3. The maximum Gasteiger partial charge on any atom is 0.271 e. The van der Waals surface area contributed by atoms with E-state index in [9.17, 15) is 9.59 Å². The van der Waals surface area contributed by atoms with E-state index in [2.05, 4.69) is 12.2 Å². The largest absolute Gasteiger partial charge is 0.463 e. The molecule has 0 unspecified atom stereocenters. The first-order chi connectivity index (χ1) is 16.3. The number of aromatic nitrogens is 1. The van der Waals surface area contributed by atoms with Crippen LogP contribution >= 0.6 is 11.6 Å². The Kier molecular flexibility index (Phi) is 6.02. The van der Waals surface area contributed by atoms with Crippen molar-refractivity contribution in [3.05, 3.63) is 71.1 Å². The molecule has 34 heavy (non-hydrogen) atoms. The summed E-state index contributed by atoms with van der Waals surface area (Å²) in [7, 11) is 0. The SMILES string of the molecule is CC1CCC(NC(=O)[C@@]2(C)Cn3c(ccc3-c3ccco3)C(=O)N2Cc2ccc(Cl)cc2)CC1. The standard InChI is InChI=1S/C27H30ClN3O3/c1-18-5-11-21(12-6-18)29-26(33)27(2)17-30-22(24-4-3-15-34-24)13-14-23(30)25(32)31(27)16-19-7-9-20(28)10-8-19/h3-4,7-10,13-15,18,21H,5-6,11-12,16-17H2,1-2H3,(H,29,33)/t18?,21?,27-/m1/s1. The Labute approximate surface area is 204 Å². The lowest BCUT2D eigenvalue weighted by Crippen LogP contribution is -2.64. The highest BCUT2D eigenvalue weighted by molar-refractivity contribution is 6.30. The van der Waals surface area contributed by atoms with Crippen molar-refractivity contribution < 1.29 is 14.0 Å². The number of carbonyl (C=O) groups excluding carboxylic acids is 2. The van der Waals surface area contributed by atoms with Gasteiger partial charge in [-0.2, -0.15) is 0 Å². The van der Waals surface area contributed by atoms with E-state index < -0.39 is 5.54 Å². The van der Waals surface area contributed by atoms with E-state index in [0.717, 1.165) is 36.9 Å². The molecule has 1 atom stereocenters.